The summed E-state index contributed by atoms with van der Waals surface area (Å²) in [6.45, 7) is 1.92. The first-order valence-corrected chi connectivity index (χ1v) is 5.14. The summed E-state index contributed by atoms with van der Waals surface area (Å²) < 4.78 is 2.13. The zero-order chi connectivity index (χ0) is 9.42. The predicted molar refractivity (Wildman–Crippen MR) is 53.9 cm³/mol. The molecule has 2 aromatic rings. The number of anilines is 1. The van der Waals surface area contributed by atoms with Gasteiger partial charge >= 0.3 is 0 Å². The Kier molecular flexibility index (Phi) is 2.04. The lowest BCUT2D eigenvalue weighted by Crippen LogP contribution is -1.97. The molecule has 0 aliphatic rings. The number of aromatic nitrogens is 4. The molecule has 0 aliphatic carbocycles. The van der Waals surface area contributed by atoms with Crippen molar-refractivity contribution in [2.75, 3.05) is 5.73 Å². The molecule has 0 saturated carbocycles. The quantitative estimate of drug-likeness (QED) is 0.840. The van der Waals surface area contributed by atoms with E-state index >= 15 is 0 Å². The summed E-state index contributed by atoms with van der Waals surface area (Å²) in [7, 11) is 0. The van der Waals surface area contributed by atoms with Crippen molar-refractivity contribution in [1.82, 2.24) is 19.7 Å². The van der Waals surface area contributed by atoms with E-state index in [0.29, 0.717) is 4.73 Å². The van der Waals surface area contributed by atoms with Crippen LogP contribution in [0.25, 0.3) is 5.13 Å². The van der Waals surface area contributed by atoms with Gasteiger partial charge in [0.05, 0.1) is 5.69 Å². The number of hydrogen-bond donors (Lipinski definition) is 1. The standard InChI is InChI=1S/C6H6BrN5S/c1-3-2-13-6(9-3)12-4(7)10-5(8)11-12/h2H,1H3,(H2,8,11). The van der Waals surface area contributed by atoms with Gasteiger partial charge in [-0.15, -0.1) is 16.4 Å². The maximum atomic E-state index is 5.43. The van der Waals surface area contributed by atoms with E-state index < -0.39 is 0 Å². The maximum Gasteiger partial charge on any atom is 0.241 e. The lowest BCUT2D eigenvalue weighted by molar-refractivity contribution is 0.846. The average molecular weight is 260 g/mol. The second-order valence-corrected chi connectivity index (χ2v) is 3.97. The van der Waals surface area contributed by atoms with Crippen molar-refractivity contribution < 1.29 is 0 Å². The van der Waals surface area contributed by atoms with Gasteiger partial charge in [0.15, 0.2) is 0 Å². The van der Waals surface area contributed by atoms with Crippen molar-refractivity contribution in [3.63, 3.8) is 0 Å². The molecule has 0 aliphatic heterocycles. The molecular formula is C6H6BrN5S. The fraction of sp³-hybridized carbons (Fsp3) is 0.167. The van der Waals surface area contributed by atoms with Crippen LogP contribution in [0.2, 0.25) is 0 Å². The molecule has 68 valence electrons. The highest BCUT2D eigenvalue weighted by Gasteiger charge is 2.09. The van der Waals surface area contributed by atoms with Crippen LogP contribution in [0.1, 0.15) is 5.69 Å². The van der Waals surface area contributed by atoms with E-state index in [1.54, 1.807) is 4.68 Å². The van der Waals surface area contributed by atoms with Crippen LogP contribution >= 0.6 is 27.3 Å². The monoisotopic (exact) mass is 259 g/mol. The van der Waals surface area contributed by atoms with Crippen LogP contribution in [0.4, 0.5) is 5.95 Å². The average Bonchev–Trinajstić information content (AvgIpc) is 2.58. The summed E-state index contributed by atoms with van der Waals surface area (Å²) in [5.41, 5.74) is 6.39. The Hall–Kier alpha value is -0.950. The van der Waals surface area contributed by atoms with Crippen LogP contribution in [0.15, 0.2) is 10.1 Å². The minimum Gasteiger partial charge on any atom is -0.366 e. The van der Waals surface area contributed by atoms with Gasteiger partial charge in [-0.1, -0.05) is 0 Å². The first-order valence-electron chi connectivity index (χ1n) is 3.47. The Morgan fingerprint density at radius 1 is 1.54 bits per heavy atom. The zero-order valence-corrected chi connectivity index (χ0v) is 9.13. The number of nitrogens with two attached hydrogens (primary N) is 1. The Balaban J connectivity index is 2.51. The van der Waals surface area contributed by atoms with Gasteiger partial charge in [0.1, 0.15) is 0 Å². The van der Waals surface area contributed by atoms with Crippen molar-refractivity contribution in [1.29, 1.82) is 0 Å². The summed E-state index contributed by atoms with van der Waals surface area (Å²) in [4.78, 5) is 8.16. The van der Waals surface area contributed by atoms with Crippen molar-refractivity contribution in [3.8, 4) is 5.13 Å². The number of hydrogen-bond acceptors (Lipinski definition) is 5. The summed E-state index contributed by atoms with van der Waals surface area (Å²) in [6.07, 6.45) is 0. The van der Waals surface area contributed by atoms with Gasteiger partial charge in [0.2, 0.25) is 15.8 Å². The molecular weight excluding hydrogens is 254 g/mol. The van der Waals surface area contributed by atoms with E-state index in [0.717, 1.165) is 10.8 Å². The molecule has 2 rings (SSSR count). The van der Waals surface area contributed by atoms with Gasteiger partial charge < -0.3 is 5.73 Å². The zero-order valence-electron chi connectivity index (χ0n) is 6.73. The van der Waals surface area contributed by atoms with Crippen LogP contribution in [0, 0.1) is 6.92 Å². The SMILES string of the molecule is Cc1csc(-n2nc(N)nc2Br)n1. The fourth-order valence-electron chi connectivity index (χ4n) is 0.868. The Labute approximate surface area is 86.7 Å². The van der Waals surface area contributed by atoms with Crippen LogP contribution in [0.3, 0.4) is 0 Å². The Morgan fingerprint density at radius 3 is 2.77 bits per heavy atom. The van der Waals surface area contributed by atoms with Gasteiger partial charge in [-0.25, -0.2) is 4.98 Å². The molecule has 5 nitrogen and oxygen atoms in total. The van der Waals surface area contributed by atoms with Gasteiger partial charge in [-0.2, -0.15) is 9.67 Å². The number of nitrogens with zero attached hydrogens (tertiary/aromatic N) is 4. The summed E-state index contributed by atoms with van der Waals surface area (Å²) in [6, 6.07) is 0. The second kappa shape index (κ2) is 3.08. The van der Waals surface area contributed by atoms with Gasteiger partial charge in [0, 0.05) is 5.38 Å². The molecule has 0 aromatic carbocycles. The highest BCUT2D eigenvalue weighted by atomic mass is 79.9. The number of rotatable bonds is 1. The third kappa shape index (κ3) is 1.56. The molecule has 7 heteroatoms. The summed E-state index contributed by atoms with van der Waals surface area (Å²) in [5.74, 6) is 0.236. The van der Waals surface area contributed by atoms with E-state index in [2.05, 4.69) is 31.0 Å². The normalized spacial score (nSPS) is 10.6. The van der Waals surface area contributed by atoms with Crippen molar-refractivity contribution in [3.05, 3.63) is 15.8 Å². The molecule has 0 saturated heterocycles. The van der Waals surface area contributed by atoms with Crippen LogP contribution in [-0.4, -0.2) is 19.7 Å². The topological polar surface area (TPSA) is 69.6 Å². The molecule has 0 radical (unpaired) electrons. The third-order valence-electron chi connectivity index (χ3n) is 1.37. The van der Waals surface area contributed by atoms with Gasteiger partial charge in [-0.3, -0.25) is 0 Å². The number of nitrogen functional groups attached to an aromatic ring is 1. The molecule has 0 unspecified atom stereocenters. The largest absolute Gasteiger partial charge is 0.366 e. The number of halogens is 1. The predicted octanol–water partition coefficient (Wildman–Crippen LogP) is 1.38. The molecule has 0 fully saturated rings. The molecule has 0 amide bonds. The van der Waals surface area contributed by atoms with Crippen molar-refractivity contribution in [2.24, 2.45) is 0 Å². The van der Waals surface area contributed by atoms with E-state index in [1.807, 2.05) is 12.3 Å². The molecule has 0 atom stereocenters. The van der Waals surface area contributed by atoms with Crippen LogP contribution in [-0.2, 0) is 0 Å². The highest BCUT2D eigenvalue weighted by molar-refractivity contribution is 9.10. The van der Waals surface area contributed by atoms with E-state index in [9.17, 15) is 0 Å². The van der Waals surface area contributed by atoms with Crippen LogP contribution < -0.4 is 5.73 Å². The fourth-order valence-corrected chi connectivity index (χ4v) is 2.17. The molecule has 2 aromatic heterocycles. The third-order valence-corrected chi connectivity index (χ3v) is 2.82. The number of aryl methyl sites for hydroxylation is 1. The van der Waals surface area contributed by atoms with E-state index in [-0.39, 0.29) is 5.95 Å². The van der Waals surface area contributed by atoms with E-state index in [4.69, 9.17) is 5.73 Å². The second-order valence-electron chi connectivity index (χ2n) is 2.42. The molecule has 2 heterocycles. The summed E-state index contributed by atoms with van der Waals surface area (Å²) in [5, 5.41) is 6.68. The van der Waals surface area contributed by atoms with Crippen LogP contribution in [0.5, 0.6) is 0 Å². The molecule has 2 N–H and O–H groups in total. The summed E-state index contributed by atoms with van der Waals surface area (Å²) >= 11 is 4.73. The molecule has 13 heavy (non-hydrogen) atoms. The first-order chi connectivity index (χ1) is 6.16. The molecule has 0 bridgehead atoms. The number of thiazole rings is 1. The van der Waals surface area contributed by atoms with Gasteiger partial charge in [0.25, 0.3) is 0 Å². The van der Waals surface area contributed by atoms with E-state index in [1.165, 1.54) is 11.3 Å². The maximum absolute atomic E-state index is 5.43. The smallest absolute Gasteiger partial charge is 0.241 e. The van der Waals surface area contributed by atoms with Crippen molar-refractivity contribution >= 4 is 33.2 Å². The highest BCUT2D eigenvalue weighted by Crippen LogP contribution is 2.18. The lowest BCUT2D eigenvalue weighted by Gasteiger charge is -1.92. The minimum atomic E-state index is 0.236. The van der Waals surface area contributed by atoms with Crippen molar-refractivity contribution in [2.45, 2.75) is 6.92 Å². The minimum absolute atomic E-state index is 0.236. The van der Waals surface area contributed by atoms with Gasteiger partial charge in [-0.05, 0) is 22.9 Å². The first kappa shape index (κ1) is 8.64. The Morgan fingerprint density at radius 2 is 2.31 bits per heavy atom. The molecule has 0 spiro atoms. The lowest BCUT2D eigenvalue weighted by atomic mass is 10.6. The Bertz CT molecular complexity index is 434.